The Morgan fingerprint density at radius 1 is 1.15 bits per heavy atom. The van der Waals surface area contributed by atoms with Crippen molar-refractivity contribution in [2.45, 2.75) is 38.6 Å². The van der Waals surface area contributed by atoms with E-state index >= 15 is 0 Å². The summed E-state index contributed by atoms with van der Waals surface area (Å²) in [5.41, 5.74) is 2.53. The number of rotatable bonds is 6. The lowest BCUT2D eigenvalue weighted by Gasteiger charge is -2.40. The van der Waals surface area contributed by atoms with E-state index in [-0.39, 0.29) is 5.56 Å². The number of anilines is 2. The Kier molecular flexibility index (Phi) is 3.87. The molecule has 0 bridgehead atoms. The summed E-state index contributed by atoms with van der Waals surface area (Å²) in [5, 5.41) is 12.0. The highest BCUT2D eigenvalue weighted by Crippen LogP contribution is 2.30. The minimum Gasteiger partial charge on any atom is -0.365 e. The maximum atomic E-state index is 12.5. The molecule has 0 spiro atoms. The molecule has 1 N–H and O–H groups in total. The van der Waals surface area contributed by atoms with Crippen LogP contribution in [-0.4, -0.2) is 39.4 Å². The monoisotopic (exact) mass is 352 g/mol. The van der Waals surface area contributed by atoms with Gasteiger partial charge in [0.05, 0.1) is 5.69 Å². The quantitative estimate of drug-likeness (QED) is 0.849. The fourth-order valence-corrected chi connectivity index (χ4v) is 3.89. The molecular weight excluding hydrogens is 328 g/mol. The second-order valence-electron chi connectivity index (χ2n) is 7.86. The molecule has 0 aromatic carbocycles. The summed E-state index contributed by atoms with van der Waals surface area (Å²) in [6.07, 6.45) is 9.38. The first-order chi connectivity index (χ1) is 12.8. The highest BCUT2D eigenvalue weighted by atomic mass is 16.1. The van der Waals surface area contributed by atoms with E-state index < -0.39 is 0 Å². The van der Waals surface area contributed by atoms with E-state index in [1.165, 1.54) is 30.5 Å². The second kappa shape index (κ2) is 6.37. The van der Waals surface area contributed by atoms with Crippen molar-refractivity contribution in [1.29, 1.82) is 0 Å². The Morgan fingerprint density at radius 3 is 2.88 bits per heavy atom. The number of fused-ring (bicyclic) bond motifs is 1. The molecule has 2 fully saturated rings. The van der Waals surface area contributed by atoms with Crippen molar-refractivity contribution in [3.05, 3.63) is 40.1 Å². The van der Waals surface area contributed by atoms with Gasteiger partial charge in [-0.25, -0.2) is 4.98 Å². The molecule has 7 nitrogen and oxygen atoms in total. The maximum absolute atomic E-state index is 12.5. The summed E-state index contributed by atoms with van der Waals surface area (Å²) in [6, 6.07) is 2.20. The zero-order valence-electron chi connectivity index (χ0n) is 14.9. The van der Waals surface area contributed by atoms with Crippen LogP contribution in [0.2, 0.25) is 0 Å². The summed E-state index contributed by atoms with van der Waals surface area (Å²) in [5.74, 6) is 2.65. The standard InChI is InChI=1S/C19H24N6O/c26-19-18(20-6-7-24(19)10-13-4-5-13)21-9-14-11-25(12-14)17-8-15-2-1-3-16(15)22-23-17/h6-8,13-14H,1-5,9-12H2,(H,20,21). The Balaban J connectivity index is 1.16. The number of nitrogens with zero attached hydrogens (tertiary/aromatic N) is 5. The SMILES string of the molecule is O=c1c(NCC2CN(c3cc4c(nn3)CCC4)C2)nccn1CC1CC1. The van der Waals surface area contributed by atoms with Crippen molar-refractivity contribution >= 4 is 11.6 Å². The van der Waals surface area contributed by atoms with E-state index in [9.17, 15) is 4.79 Å². The van der Waals surface area contributed by atoms with Gasteiger partial charge in [0.2, 0.25) is 0 Å². The molecule has 2 aromatic heterocycles. The first-order valence-corrected chi connectivity index (χ1v) is 9.66. The van der Waals surface area contributed by atoms with Crippen LogP contribution in [0.15, 0.2) is 23.3 Å². The van der Waals surface area contributed by atoms with Gasteiger partial charge < -0.3 is 14.8 Å². The Hall–Kier alpha value is -2.44. The van der Waals surface area contributed by atoms with E-state index in [0.29, 0.717) is 17.7 Å². The van der Waals surface area contributed by atoms with E-state index in [1.54, 1.807) is 17.0 Å². The van der Waals surface area contributed by atoms with Crippen LogP contribution >= 0.6 is 0 Å². The van der Waals surface area contributed by atoms with Gasteiger partial charge in [0.15, 0.2) is 11.6 Å². The predicted molar refractivity (Wildman–Crippen MR) is 99.5 cm³/mol. The zero-order chi connectivity index (χ0) is 17.5. The summed E-state index contributed by atoms with van der Waals surface area (Å²) >= 11 is 0. The normalized spacial score (nSPS) is 19.3. The van der Waals surface area contributed by atoms with Gasteiger partial charge in [0.1, 0.15) is 0 Å². The van der Waals surface area contributed by atoms with Crippen LogP contribution in [0.5, 0.6) is 0 Å². The van der Waals surface area contributed by atoms with Crippen molar-refractivity contribution in [3.63, 3.8) is 0 Å². The summed E-state index contributed by atoms with van der Waals surface area (Å²) in [4.78, 5) is 19.0. The van der Waals surface area contributed by atoms with Crippen LogP contribution in [0, 0.1) is 11.8 Å². The molecule has 3 heterocycles. The highest BCUT2D eigenvalue weighted by molar-refractivity contribution is 5.45. The van der Waals surface area contributed by atoms with Gasteiger partial charge in [-0.1, -0.05) is 0 Å². The number of nitrogens with one attached hydrogen (secondary N) is 1. The third-order valence-electron chi connectivity index (χ3n) is 5.71. The average Bonchev–Trinajstić information content (AvgIpc) is 3.30. The van der Waals surface area contributed by atoms with Gasteiger partial charge >= 0.3 is 0 Å². The predicted octanol–water partition coefficient (Wildman–Crippen LogP) is 1.48. The van der Waals surface area contributed by atoms with E-state index in [0.717, 1.165) is 44.8 Å². The fourth-order valence-electron chi connectivity index (χ4n) is 3.89. The van der Waals surface area contributed by atoms with Crippen LogP contribution in [0.4, 0.5) is 11.6 Å². The van der Waals surface area contributed by atoms with E-state index in [2.05, 4.69) is 31.5 Å². The van der Waals surface area contributed by atoms with E-state index in [4.69, 9.17) is 0 Å². The maximum Gasteiger partial charge on any atom is 0.293 e. The first-order valence-electron chi connectivity index (χ1n) is 9.66. The number of aromatic nitrogens is 4. The molecule has 26 heavy (non-hydrogen) atoms. The molecule has 2 aliphatic carbocycles. The summed E-state index contributed by atoms with van der Waals surface area (Å²) in [6.45, 7) is 3.49. The van der Waals surface area contributed by atoms with Gasteiger partial charge in [0, 0.05) is 44.5 Å². The van der Waals surface area contributed by atoms with Crippen molar-refractivity contribution in [3.8, 4) is 0 Å². The molecular formula is C19H24N6O. The third-order valence-corrected chi connectivity index (χ3v) is 5.71. The van der Waals surface area contributed by atoms with Crippen LogP contribution in [-0.2, 0) is 19.4 Å². The van der Waals surface area contributed by atoms with Crippen LogP contribution < -0.4 is 15.8 Å². The van der Waals surface area contributed by atoms with Crippen LogP contribution in [0.25, 0.3) is 0 Å². The number of hydrogen-bond acceptors (Lipinski definition) is 6. The van der Waals surface area contributed by atoms with Crippen molar-refractivity contribution in [1.82, 2.24) is 19.7 Å². The smallest absolute Gasteiger partial charge is 0.293 e. The Labute approximate surface area is 152 Å². The fraction of sp³-hybridized carbons (Fsp3) is 0.579. The molecule has 1 saturated heterocycles. The summed E-state index contributed by atoms with van der Waals surface area (Å²) < 4.78 is 1.79. The first kappa shape index (κ1) is 15.8. The molecule has 3 aliphatic rings. The Bertz CT molecular complexity index is 869. The second-order valence-corrected chi connectivity index (χ2v) is 7.86. The topological polar surface area (TPSA) is 75.9 Å². The minimum atomic E-state index is 0.0000634. The molecule has 0 atom stereocenters. The molecule has 7 heteroatoms. The summed E-state index contributed by atoms with van der Waals surface area (Å²) in [7, 11) is 0. The molecule has 1 saturated carbocycles. The Morgan fingerprint density at radius 2 is 2.04 bits per heavy atom. The number of hydrogen-bond donors (Lipinski definition) is 1. The van der Waals surface area contributed by atoms with Crippen molar-refractivity contribution < 1.29 is 0 Å². The van der Waals surface area contributed by atoms with Gasteiger partial charge in [-0.05, 0) is 49.7 Å². The number of aryl methyl sites for hydroxylation is 2. The highest BCUT2D eigenvalue weighted by Gasteiger charge is 2.29. The van der Waals surface area contributed by atoms with Gasteiger partial charge in [-0.3, -0.25) is 4.79 Å². The van der Waals surface area contributed by atoms with Gasteiger partial charge in [-0.2, -0.15) is 5.10 Å². The van der Waals surface area contributed by atoms with Crippen LogP contribution in [0.1, 0.15) is 30.5 Å². The van der Waals surface area contributed by atoms with Gasteiger partial charge in [0.25, 0.3) is 5.56 Å². The molecule has 0 unspecified atom stereocenters. The molecule has 0 amide bonds. The molecule has 0 radical (unpaired) electrons. The lowest BCUT2D eigenvalue weighted by molar-refractivity contribution is 0.424. The van der Waals surface area contributed by atoms with Crippen LogP contribution in [0.3, 0.4) is 0 Å². The molecule has 136 valence electrons. The van der Waals surface area contributed by atoms with Crippen molar-refractivity contribution in [2.75, 3.05) is 29.9 Å². The van der Waals surface area contributed by atoms with E-state index in [1.807, 2.05) is 0 Å². The minimum absolute atomic E-state index is 0.0000634. The third kappa shape index (κ3) is 3.06. The van der Waals surface area contributed by atoms with Crippen molar-refractivity contribution in [2.24, 2.45) is 11.8 Å². The lowest BCUT2D eigenvalue weighted by Crippen LogP contribution is -2.50. The molecule has 2 aromatic rings. The lowest BCUT2D eigenvalue weighted by atomic mass is 10.00. The largest absolute Gasteiger partial charge is 0.365 e. The van der Waals surface area contributed by atoms with Gasteiger partial charge in [-0.15, -0.1) is 5.10 Å². The average molecular weight is 352 g/mol. The molecule has 5 rings (SSSR count). The zero-order valence-corrected chi connectivity index (χ0v) is 14.9. The molecule has 1 aliphatic heterocycles.